The number of fused-ring (bicyclic) bond motifs is 1. The Labute approximate surface area is 222 Å². The number of hydrogen-bond donors (Lipinski definition) is 2. The minimum absolute atomic E-state index is 0.00857. The van der Waals surface area contributed by atoms with E-state index < -0.39 is 11.5 Å². The van der Waals surface area contributed by atoms with Gasteiger partial charge in [-0.1, -0.05) is 42.5 Å². The molecular weight excluding hydrogens is 484 g/mol. The number of amides is 3. The summed E-state index contributed by atoms with van der Waals surface area (Å²) in [5.41, 5.74) is 0.403. The average molecular weight is 521 g/mol. The molecule has 2 saturated heterocycles. The summed E-state index contributed by atoms with van der Waals surface area (Å²) in [5, 5.41) is 10.4. The summed E-state index contributed by atoms with van der Waals surface area (Å²) in [7, 11) is 0. The molecule has 3 aliphatic rings. The lowest BCUT2D eigenvalue weighted by Crippen LogP contribution is -2.58. The van der Waals surface area contributed by atoms with Gasteiger partial charge in [0.2, 0.25) is 17.7 Å². The van der Waals surface area contributed by atoms with Gasteiger partial charge in [0, 0.05) is 44.7 Å². The average Bonchev–Trinajstić information content (AvgIpc) is 3.45. The molecule has 3 amide bonds. The van der Waals surface area contributed by atoms with Crippen LogP contribution < -0.4 is 10.6 Å². The number of aromatic nitrogens is 3. The molecule has 202 valence electrons. The van der Waals surface area contributed by atoms with E-state index in [-0.39, 0.29) is 36.2 Å². The Balaban J connectivity index is 1.36. The van der Waals surface area contributed by atoms with E-state index in [9.17, 15) is 14.4 Å². The topological polar surface area (TPSA) is 118 Å². The second-order valence-electron chi connectivity index (χ2n) is 10.6. The molecule has 2 fully saturated rings. The van der Waals surface area contributed by atoms with Crippen molar-refractivity contribution in [1.29, 1.82) is 0 Å². The summed E-state index contributed by atoms with van der Waals surface area (Å²) in [5.74, 6) is -0.189. The predicted octanol–water partition coefficient (Wildman–Crippen LogP) is 1.49. The van der Waals surface area contributed by atoms with Crippen molar-refractivity contribution in [3.63, 3.8) is 0 Å². The van der Waals surface area contributed by atoms with Gasteiger partial charge in [-0.05, 0) is 37.7 Å². The van der Waals surface area contributed by atoms with Crippen LogP contribution in [0.15, 0.2) is 55.1 Å². The summed E-state index contributed by atoms with van der Waals surface area (Å²) in [6.45, 7) is 2.32. The highest BCUT2D eigenvalue weighted by Crippen LogP contribution is 2.36. The van der Waals surface area contributed by atoms with Crippen LogP contribution in [0.1, 0.15) is 37.7 Å². The van der Waals surface area contributed by atoms with Gasteiger partial charge in [0.15, 0.2) is 0 Å². The second-order valence-corrected chi connectivity index (χ2v) is 10.6. The van der Waals surface area contributed by atoms with Gasteiger partial charge in [-0.2, -0.15) is 5.10 Å². The highest BCUT2D eigenvalue weighted by molar-refractivity contribution is 5.90. The highest BCUT2D eigenvalue weighted by atomic mass is 16.5. The lowest BCUT2D eigenvalue weighted by atomic mass is 9.75. The molecule has 0 aliphatic carbocycles. The van der Waals surface area contributed by atoms with Crippen LogP contribution in [0.3, 0.4) is 0 Å². The molecule has 1 spiro atoms. The Morgan fingerprint density at radius 3 is 2.68 bits per heavy atom. The molecule has 1 aromatic carbocycles. The van der Waals surface area contributed by atoms with Crippen LogP contribution in [-0.2, 0) is 32.1 Å². The van der Waals surface area contributed by atoms with E-state index in [1.54, 1.807) is 0 Å². The number of ether oxygens (including phenoxy) is 1. The maximum Gasteiger partial charge on any atom is 0.244 e. The van der Waals surface area contributed by atoms with E-state index in [0.29, 0.717) is 58.4 Å². The first-order chi connectivity index (χ1) is 18.5. The van der Waals surface area contributed by atoms with Crippen molar-refractivity contribution in [3.8, 4) is 0 Å². The summed E-state index contributed by atoms with van der Waals surface area (Å²) in [6.07, 6.45) is 10.8. The molecule has 0 saturated carbocycles. The molecule has 2 N–H and O–H groups in total. The predicted molar refractivity (Wildman–Crippen MR) is 140 cm³/mol. The van der Waals surface area contributed by atoms with Crippen molar-refractivity contribution >= 4 is 17.7 Å². The quantitative estimate of drug-likeness (QED) is 0.590. The number of likely N-dealkylation sites (tertiary alicyclic amines) is 1. The fourth-order valence-electron chi connectivity index (χ4n) is 5.76. The molecule has 3 aliphatic heterocycles. The molecule has 10 heteroatoms. The van der Waals surface area contributed by atoms with Gasteiger partial charge >= 0.3 is 0 Å². The lowest BCUT2D eigenvalue weighted by molar-refractivity contribution is -0.140. The van der Waals surface area contributed by atoms with Gasteiger partial charge < -0.3 is 20.3 Å². The molecule has 3 atom stereocenters. The molecule has 10 nitrogen and oxygen atoms in total. The third-order valence-electron chi connectivity index (χ3n) is 8.13. The number of rotatable bonds is 4. The van der Waals surface area contributed by atoms with Crippen LogP contribution in [0.5, 0.6) is 0 Å². The number of nitrogens with one attached hydrogen (secondary N) is 2. The first-order valence-corrected chi connectivity index (χ1v) is 13.5. The molecule has 38 heavy (non-hydrogen) atoms. The largest absolute Gasteiger partial charge is 0.381 e. The number of benzene rings is 1. The Morgan fingerprint density at radius 1 is 1.11 bits per heavy atom. The highest BCUT2D eigenvalue weighted by Gasteiger charge is 2.41. The summed E-state index contributed by atoms with van der Waals surface area (Å²) in [4.78, 5) is 46.0. The van der Waals surface area contributed by atoms with Crippen LogP contribution in [0.4, 0.5) is 0 Å². The summed E-state index contributed by atoms with van der Waals surface area (Å²) >= 11 is 0. The number of carbonyl (C=O) groups excluding carboxylic acids is 3. The Hall–Kier alpha value is -3.53. The zero-order valence-corrected chi connectivity index (χ0v) is 21.6. The van der Waals surface area contributed by atoms with Gasteiger partial charge in [0.1, 0.15) is 25.2 Å². The smallest absolute Gasteiger partial charge is 0.244 e. The van der Waals surface area contributed by atoms with Crippen LogP contribution in [0.2, 0.25) is 0 Å². The SMILES string of the molecule is O=C1N[C@H]2CCN(C(=O)Cn3cncn3)C[C@H]2C/C=C/CC2(CCOCC2)C(=O)N[C@@H]1Cc1ccccc1. The van der Waals surface area contributed by atoms with Crippen LogP contribution in [0.25, 0.3) is 0 Å². The van der Waals surface area contributed by atoms with E-state index in [4.69, 9.17) is 4.74 Å². The van der Waals surface area contributed by atoms with Crippen LogP contribution in [0, 0.1) is 11.3 Å². The molecule has 0 radical (unpaired) electrons. The zero-order valence-electron chi connectivity index (χ0n) is 21.6. The number of carbonyl (C=O) groups is 3. The van der Waals surface area contributed by atoms with Gasteiger partial charge in [-0.25, -0.2) is 9.67 Å². The molecule has 2 aromatic rings. The standard InChI is InChI=1S/C28H36N6O4/c35-25(18-34-20-29-19-30-34)33-13-9-23-22(17-33)8-4-5-10-28(11-14-38-15-12-28)27(37)32-24(26(36)31-23)16-21-6-2-1-3-7-21/h1-7,19-20,22-24H,8-18H2,(H,31,36)(H,32,37)/b5-4+/t22-,23+,24-/m1/s1. The maximum atomic E-state index is 13.7. The fourth-order valence-corrected chi connectivity index (χ4v) is 5.76. The number of hydrogen-bond acceptors (Lipinski definition) is 6. The second kappa shape index (κ2) is 11.9. The molecular formula is C28H36N6O4. The van der Waals surface area contributed by atoms with E-state index >= 15 is 0 Å². The van der Waals surface area contributed by atoms with E-state index in [1.165, 1.54) is 17.3 Å². The molecule has 0 unspecified atom stereocenters. The summed E-state index contributed by atoms with van der Waals surface area (Å²) < 4.78 is 7.10. The summed E-state index contributed by atoms with van der Waals surface area (Å²) in [6, 6.07) is 9.01. The third kappa shape index (κ3) is 6.12. The molecule has 4 heterocycles. The normalized spacial score (nSPS) is 26.8. The first kappa shape index (κ1) is 26.1. The van der Waals surface area contributed by atoms with Crippen molar-refractivity contribution < 1.29 is 19.1 Å². The van der Waals surface area contributed by atoms with Crippen molar-refractivity contribution in [2.75, 3.05) is 26.3 Å². The monoisotopic (exact) mass is 520 g/mol. The Bertz CT molecular complexity index is 1130. The van der Waals surface area contributed by atoms with E-state index in [0.717, 1.165) is 12.0 Å². The molecule has 1 aromatic heterocycles. The maximum absolute atomic E-state index is 13.7. The van der Waals surface area contributed by atoms with Crippen molar-refractivity contribution in [1.82, 2.24) is 30.3 Å². The first-order valence-electron chi connectivity index (χ1n) is 13.5. The fraction of sp³-hybridized carbons (Fsp3) is 0.536. The molecule has 5 rings (SSSR count). The number of nitrogens with zero attached hydrogens (tertiary/aromatic N) is 4. The Kier molecular flexibility index (Phi) is 8.17. The van der Waals surface area contributed by atoms with Gasteiger partial charge in [-0.15, -0.1) is 0 Å². The van der Waals surface area contributed by atoms with E-state index in [2.05, 4.69) is 32.9 Å². The minimum atomic E-state index is -0.680. The zero-order chi connectivity index (χ0) is 26.4. The van der Waals surface area contributed by atoms with Crippen LogP contribution in [-0.4, -0.2) is 75.8 Å². The van der Waals surface area contributed by atoms with Gasteiger partial charge in [0.05, 0.1) is 5.41 Å². The van der Waals surface area contributed by atoms with E-state index in [1.807, 2.05) is 35.2 Å². The van der Waals surface area contributed by atoms with Gasteiger partial charge in [-0.3, -0.25) is 14.4 Å². The van der Waals surface area contributed by atoms with Crippen molar-refractivity contribution in [2.45, 2.75) is 57.2 Å². The number of allylic oxidation sites excluding steroid dienone is 2. The van der Waals surface area contributed by atoms with Crippen LogP contribution >= 0.6 is 0 Å². The van der Waals surface area contributed by atoms with Crippen molar-refractivity contribution in [3.05, 3.63) is 60.7 Å². The minimum Gasteiger partial charge on any atom is -0.381 e. The third-order valence-corrected chi connectivity index (χ3v) is 8.13. The molecule has 0 bridgehead atoms. The lowest BCUT2D eigenvalue weighted by Gasteiger charge is -2.40. The Morgan fingerprint density at radius 2 is 1.92 bits per heavy atom. The van der Waals surface area contributed by atoms with Crippen molar-refractivity contribution in [2.24, 2.45) is 11.3 Å². The van der Waals surface area contributed by atoms with Gasteiger partial charge in [0.25, 0.3) is 0 Å². The number of piperidine rings is 1.